The Hall–Kier alpha value is -1.55. The van der Waals surface area contributed by atoms with E-state index in [2.05, 4.69) is 4.74 Å². The molecule has 0 spiro atoms. The van der Waals surface area contributed by atoms with Gasteiger partial charge in [0.15, 0.2) is 0 Å². The highest BCUT2D eigenvalue weighted by Gasteiger charge is 2.34. The molecular formula is C12H11ClO4. The zero-order valence-electron chi connectivity index (χ0n) is 9.45. The molecular weight excluding hydrogens is 244 g/mol. The summed E-state index contributed by atoms with van der Waals surface area (Å²) in [5.74, 6) is -1.13. The number of aryl methyl sites for hydroxylation is 1. The monoisotopic (exact) mass is 254 g/mol. The van der Waals surface area contributed by atoms with Crippen LogP contribution in [0.3, 0.4) is 0 Å². The molecule has 1 aliphatic rings. The Kier molecular flexibility index (Phi) is 3.07. The fourth-order valence-electron chi connectivity index (χ4n) is 1.89. The Morgan fingerprint density at radius 2 is 2.24 bits per heavy atom. The minimum Gasteiger partial charge on any atom is -0.466 e. The summed E-state index contributed by atoms with van der Waals surface area (Å²) in [5, 5.41) is 0.346. The highest BCUT2D eigenvalue weighted by molar-refractivity contribution is 6.34. The summed E-state index contributed by atoms with van der Waals surface area (Å²) in [6.45, 7) is 1.86. The molecule has 0 aromatic heterocycles. The van der Waals surface area contributed by atoms with Gasteiger partial charge in [0, 0.05) is 6.42 Å². The standard InChI is InChI=1S/C12H11ClO4/c1-6-3-4-8(13)10-7(6)5-9(11(14)16-2)17-12(10)15/h3-4,9H,5H2,1-2H3. The average molecular weight is 255 g/mol. The second-order valence-electron chi connectivity index (χ2n) is 3.84. The predicted octanol–water partition coefficient (Wildman–Crippen LogP) is 1.90. The van der Waals surface area contributed by atoms with E-state index < -0.39 is 18.0 Å². The van der Waals surface area contributed by atoms with Gasteiger partial charge >= 0.3 is 11.9 Å². The number of carbonyl (C=O) groups is 2. The lowest BCUT2D eigenvalue weighted by atomic mass is 9.94. The number of esters is 2. The van der Waals surface area contributed by atoms with Gasteiger partial charge in [0.25, 0.3) is 0 Å². The van der Waals surface area contributed by atoms with E-state index in [1.807, 2.05) is 13.0 Å². The third-order valence-electron chi connectivity index (χ3n) is 2.80. The Bertz CT molecular complexity index is 496. The van der Waals surface area contributed by atoms with Crippen LogP contribution in [0.15, 0.2) is 12.1 Å². The molecule has 0 amide bonds. The van der Waals surface area contributed by atoms with Crippen molar-refractivity contribution >= 4 is 23.5 Å². The van der Waals surface area contributed by atoms with Gasteiger partial charge in [-0.3, -0.25) is 0 Å². The normalized spacial score (nSPS) is 18.3. The van der Waals surface area contributed by atoms with E-state index in [1.165, 1.54) is 7.11 Å². The Morgan fingerprint density at radius 3 is 2.88 bits per heavy atom. The highest BCUT2D eigenvalue weighted by atomic mass is 35.5. The van der Waals surface area contributed by atoms with Crippen LogP contribution in [0, 0.1) is 6.92 Å². The summed E-state index contributed by atoms with van der Waals surface area (Å²) < 4.78 is 9.58. The molecule has 0 saturated carbocycles. The molecule has 1 aromatic rings. The van der Waals surface area contributed by atoms with E-state index in [9.17, 15) is 9.59 Å². The van der Waals surface area contributed by atoms with Crippen molar-refractivity contribution in [2.24, 2.45) is 0 Å². The number of cyclic esters (lactones) is 1. The maximum atomic E-state index is 11.8. The first kappa shape index (κ1) is 11.9. The zero-order valence-corrected chi connectivity index (χ0v) is 10.2. The van der Waals surface area contributed by atoms with Crippen molar-refractivity contribution in [3.05, 3.63) is 33.8 Å². The number of halogens is 1. The van der Waals surface area contributed by atoms with Gasteiger partial charge in [0.05, 0.1) is 17.7 Å². The van der Waals surface area contributed by atoms with Crippen molar-refractivity contribution in [1.29, 1.82) is 0 Å². The van der Waals surface area contributed by atoms with Crippen LogP contribution in [-0.4, -0.2) is 25.2 Å². The van der Waals surface area contributed by atoms with Crippen molar-refractivity contribution < 1.29 is 19.1 Å². The lowest BCUT2D eigenvalue weighted by Crippen LogP contribution is -2.35. The van der Waals surface area contributed by atoms with Gasteiger partial charge in [-0.05, 0) is 24.1 Å². The van der Waals surface area contributed by atoms with Crippen LogP contribution in [0.2, 0.25) is 5.02 Å². The van der Waals surface area contributed by atoms with E-state index in [-0.39, 0.29) is 0 Å². The van der Waals surface area contributed by atoms with Gasteiger partial charge in [0.1, 0.15) is 0 Å². The van der Waals surface area contributed by atoms with E-state index in [4.69, 9.17) is 16.3 Å². The molecule has 1 heterocycles. The molecule has 1 aliphatic heterocycles. The fraction of sp³-hybridized carbons (Fsp3) is 0.333. The number of rotatable bonds is 1. The van der Waals surface area contributed by atoms with Crippen LogP contribution < -0.4 is 0 Å². The predicted molar refractivity (Wildman–Crippen MR) is 61.1 cm³/mol. The smallest absolute Gasteiger partial charge is 0.347 e. The molecule has 17 heavy (non-hydrogen) atoms. The summed E-state index contributed by atoms with van der Waals surface area (Å²) in [5.41, 5.74) is 2.02. The molecule has 4 nitrogen and oxygen atoms in total. The number of benzene rings is 1. The van der Waals surface area contributed by atoms with E-state index in [1.54, 1.807) is 6.07 Å². The quantitative estimate of drug-likeness (QED) is 0.719. The maximum Gasteiger partial charge on any atom is 0.347 e. The largest absolute Gasteiger partial charge is 0.466 e. The van der Waals surface area contributed by atoms with Crippen molar-refractivity contribution in [3.8, 4) is 0 Å². The van der Waals surface area contributed by atoms with Gasteiger partial charge in [-0.15, -0.1) is 0 Å². The third kappa shape index (κ3) is 2.00. The van der Waals surface area contributed by atoms with Crippen molar-refractivity contribution in [2.75, 3.05) is 7.11 Å². The number of methoxy groups -OCH3 is 1. The maximum absolute atomic E-state index is 11.8. The molecule has 0 saturated heterocycles. The van der Waals surface area contributed by atoms with Crippen LogP contribution in [0.25, 0.3) is 0 Å². The first-order chi connectivity index (χ1) is 8.04. The molecule has 1 atom stereocenters. The number of hydrogen-bond donors (Lipinski definition) is 0. The summed E-state index contributed by atoms with van der Waals surface area (Å²) in [4.78, 5) is 23.2. The molecule has 1 aromatic carbocycles. The van der Waals surface area contributed by atoms with Crippen LogP contribution in [-0.2, 0) is 20.7 Å². The Morgan fingerprint density at radius 1 is 1.53 bits per heavy atom. The van der Waals surface area contributed by atoms with Crippen LogP contribution in [0.1, 0.15) is 21.5 Å². The minimum atomic E-state index is -0.878. The molecule has 0 bridgehead atoms. The SMILES string of the molecule is COC(=O)C1Cc2c(C)ccc(Cl)c2C(=O)O1. The lowest BCUT2D eigenvalue weighted by Gasteiger charge is -2.24. The molecule has 1 unspecified atom stereocenters. The molecule has 0 radical (unpaired) electrons. The summed E-state index contributed by atoms with van der Waals surface area (Å²) in [7, 11) is 1.26. The summed E-state index contributed by atoms with van der Waals surface area (Å²) >= 11 is 5.95. The van der Waals surface area contributed by atoms with Gasteiger partial charge in [-0.1, -0.05) is 17.7 Å². The third-order valence-corrected chi connectivity index (χ3v) is 3.12. The van der Waals surface area contributed by atoms with E-state index in [0.717, 1.165) is 11.1 Å². The fourth-order valence-corrected chi connectivity index (χ4v) is 2.14. The second-order valence-corrected chi connectivity index (χ2v) is 4.25. The van der Waals surface area contributed by atoms with Gasteiger partial charge in [-0.2, -0.15) is 0 Å². The van der Waals surface area contributed by atoms with Gasteiger partial charge < -0.3 is 9.47 Å². The highest BCUT2D eigenvalue weighted by Crippen LogP contribution is 2.30. The van der Waals surface area contributed by atoms with E-state index >= 15 is 0 Å². The zero-order chi connectivity index (χ0) is 12.6. The molecule has 0 N–H and O–H groups in total. The minimum absolute atomic E-state index is 0.306. The van der Waals surface area contributed by atoms with Gasteiger partial charge in [0.2, 0.25) is 6.10 Å². The van der Waals surface area contributed by atoms with Crippen LogP contribution in [0.4, 0.5) is 0 Å². The number of hydrogen-bond acceptors (Lipinski definition) is 4. The molecule has 0 fully saturated rings. The molecule has 5 heteroatoms. The summed E-state index contributed by atoms with van der Waals surface area (Å²) in [6, 6.07) is 3.46. The first-order valence-corrected chi connectivity index (χ1v) is 5.49. The molecule has 90 valence electrons. The Labute approximate surface area is 103 Å². The number of ether oxygens (including phenoxy) is 2. The topological polar surface area (TPSA) is 52.6 Å². The second kappa shape index (κ2) is 4.37. The lowest BCUT2D eigenvalue weighted by molar-refractivity contribution is -0.151. The Balaban J connectivity index is 2.46. The number of fused-ring (bicyclic) bond motifs is 1. The van der Waals surface area contributed by atoms with E-state index in [0.29, 0.717) is 17.0 Å². The number of carbonyl (C=O) groups excluding carboxylic acids is 2. The van der Waals surface area contributed by atoms with Crippen LogP contribution in [0.5, 0.6) is 0 Å². The first-order valence-electron chi connectivity index (χ1n) is 5.11. The van der Waals surface area contributed by atoms with Crippen molar-refractivity contribution in [1.82, 2.24) is 0 Å². The van der Waals surface area contributed by atoms with Crippen molar-refractivity contribution in [2.45, 2.75) is 19.4 Å². The van der Waals surface area contributed by atoms with Gasteiger partial charge in [-0.25, -0.2) is 9.59 Å². The molecule has 2 rings (SSSR count). The average Bonchev–Trinajstić information content (AvgIpc) is 2.32. The van der Waals surface area contributed by atoms with Crippen molar-refractivity contribution in [3.63, 3.8) is 0 Å². The molecule has 0 aliphatic carbocycles. The van der Waals surface area contributed by atoms with Crippen LogP contribution >= 0.6 is 11.6 Å². The summed E-state index contributed by atoms with van der Waals surface area (Å²) in [6.07, 6.45) is -0.572.